The van der Waals surface area contributed by atoms with Gasteiger partial charge in [-0.05, 0) is 41.8 Å². The van der Waals surface area contributed by atoms with Crippen molar-refractivity contribution in [3.63, 3.8) is 0 Å². The minimum absolute atomic E-state index is 0.176. The molecule has 108 valence electrons. The van der Waals surface area contributed by atoms with Crippen molar-refractivity contribution >= 4 is 42.9 Å². The Labute approximate surface area is 136 Å². The Kier molecular flexibility index (Phi) is 3.75. The largest absolute Gasteiger partial charge is 0.323 e. The van der Waals surface area contributed by atoms with Crippen LogP contribution in [-0.2, 0) is 0 Å². The SMILES string of the molecule is Cc1ccc(C(Br)c2cc3[nH]c(=O)[nH]c3cc2Br)cc1F. The Morgan fingerprint density at radius 3 is 2.48 bits per heavy atom. The second-order valence-corrected chi connectivity index (χ2v) is 6.64. The van der Waals surface area contributed by atoms with Crippen molar-refractivity contribution in [2.24, 2.45) is 0 Å². The van der Waals surface area contributed by atoms with E-state index in [1.165, 1.54) is 6.07 Å². The second-order valence-electron chi connectivity index (χ2n) is 4.87. The molecule has 1 aromatic heterocycles. The summed E-state index contributed by atoms with van der Waals surface area (Å²) < 4.78 is 14.6. The molecule has 0 saturated heterocycles. The van der Waals surface area contributed by atoms with Crippen LogP contribution < -0.4 is 5.69 Å². The van der Waals surface area contributed by atoms with E-state index in [0.717, 1.165) is 26.6 Å². The Morgan fingerprint density at radius 2 is 1.81 bits per heavy atom. The molecule has 3 nitrogen and oxygen atoms in total. The Hall–Kier alpha value is -1.40. The molecule has 6 heteroatoms. The van der Waals surface area contributed by atoms with E-state index in [2.05, 4.69) is 41.8 Å². The van der Waals surface area contributed by atoms with Gasteiger partial charge in [0.25, 0.3) is 0 Å². The number of fused-ring (bicyclic) bond motifs is 1. The molecule has 0 aliphatic carbocycles. The van der Waals surface area contributed by atoms with E-state index in [0.29, 0.717) is 5.56 Å². The normalized spacial score (nSPS) is 12.8. The van der Waals surface area contributed by atoms with Crippen LogP contribution in [-0.4, -0.2) is 9.97 Å². The third-order valence-corrected chi connectivity index (χ3v) is 5.10. The van der Waals surface area contributed by atoms with E-state index in [9.17, 15) is 9.18 Å². The molecule has 2 aromatic carbocycles. The molecule has 0 spiro atoms. The lowest BCUT2D eigenvalue weighted by Gasteiger charge is -2.13. The molecule has 2 N–H and O–H groups in total. The molecular formula is C15H11Br2FN2O. The molecule has 0 fully saturated rings. The van der Waals surface area contributed by atoms with Crippen LogP contribution in [0.5, 0.6) is 0 Å². The van der Waals surface area contributed by atoms with Crippen LogP contribution in [0, 0.1) is 12.7 Å². The van der Waals surface area contributed by atoms with Gasteiger partial charge in [0.2, 0.25) is 0 Å². The summed E-state index contributed by atoms with van der Waals surface area (Å²) in [6.45, 7) is 1.73. The van der Waals surface area contributed by atoms with Crippen LogP contribution in [0.15, 0.2) is 39.6 Å². The molecule has 0 saturated carbocycles. The molecule has 0 amide bonds. The van der Waals surface area contributed by atoms with E-state index < -0.39 is 0 Å². The van der Waals surface area contributed by atoms with Crippen LogP contribution in [0.4, 0.5) is 4.39 Å². The van der Waals surface area contributed by atoms with Crippen molar-refractivity contribution in [1.29, 1.82) is 0 Å². The predicted molar refractivity (Wildman–Crippen MR) is 88.5 cm³/mol. The van der Waals surface area contributed by atoms with Crippen molar-refractivity contribution in [2.75, 3.05) is 0 Å². The lowest BCUT2D eigenvalue weighted by atomic mass is 10.0. The standard InChI is InChI=1S/C15H11Br2FN2O/c1-7-2-3-8(4-11(7)18)14(17)9-5-12-13(6-10(9)16)20-15(21)19-12/h2-6,14H,1H3,(H2,19,20,21). The van der Waals surface area contributed by atoms with Gasteiger partial charge in [0.1, 0.15) is 5.82 Å². The maximum absolute atomic E-state index is 13.7. The number of hydrogen-bond acceptors (Lipinski definition) is 1. The van der Waals surface area contributed by atoms with Gasteiger partial charge in [-0.2, -0.15) is 0 Å². The highest BCUT2D eigenvalue weighted by molar-refractivity contribution is 9.11. The first-order chi connectivity index (χ1) is 9.95. The average Bonchev–Trinajstić information content (AvgIpc) is 2.79. The van der Waals surface area contributed by atoms with Gasteiger partial charge in [-0.25, -0.2) is 9.18 Å². The van der Waals surface area contributed by atoms with Crippen LogP contribution in [0.25, 0.3) is 11.0 Å². The maximum atomic E-state index is 13.7. The first-order valence-electron chi connectivity index (χ1n) is 6.27. The molecule has 0 aliphatic rings. The van der Waals surface area contributed by atoms with Crippen molar-refractivity contribution in [1.82, 2.24) is 9.97 Å². The fourth-order valence-corrected chi connectivity index (χ4v) is 3.76. The Morgan fingerprint density at radius 1 is 1.14 bits per heavy atom. The minimum Gasteiger partial charge on any atom is -0.306 e. The molecule has 1 heterocycles. The van der Waals surface area contributed by atoms with Crippen molar-refractivity contribution in [2.45, 2.75) is 11.8 Å². The number of hydrogen-bond donors (Lipinski definition) is 2. The maximum Gasteiger partial charge on any atom is 0.323 e. The summed E-state index contributed by atoms with van der Waals surface area (Å²) in [7, 11) is 0. The number of imidazole rings is 1. The van der Waals surface area contributed by atoms with Gasteiger partial charge in [-0.1, -0.05) is 44.0 Å². The van der Waals surface area contributed by atoms with Gasteiger partial charge in [0, 0.05) is 4.47 Å². The van der Waals surface area contributed by atoms with Gasteiger partial charge < -0.3 is 9.97 Å². The fourth-order valence-electron chi connectivity index (χ4n) is 2.21. The van der Waals surface area contributed by atoms with Crippen molar-refractivity contribution in [3.8, 4) is 0 Å². The first-order valence-corrected chi connectivity index (χ1v) is 7.98. The van der Waals surface area contributed by atoms with Crippen LogP contribution in [0.2, 0.25) is 0 Å². The topological polar surface area (TPSA) is 48.6 Å². The Bertz CT molecular complexity index is 885. The first kappa shape index (κ1) is 14.5. The van der Waals surface area contributed by atoms with E-state index >= 15 is 0 Å². The number of aryl methyl sites for hydroxylation is 1. The predicted octanol–water partition coefficient (Wildman–Crippen LogP) is 4.55. The molecule has 3 rings (SSSR count). The van der Waals surface area contributed by atoms with Crippen LogP contribution in [0.1, 0.15) is 21.5 Å². The molecule has 3 aromatic rings. The van der Waals surface area contributed by atoms with Gasteiger partial charge >= 0.3 is 5.69 Å². The number of rotatable bonds is 2. The molecule has 0 bridgehead atoms. The van der Waals surface area contributed by atoms with E-state index in [1.54, 1.807) is 13.0 Å². The summed E-state index contributed by atoms with van der Waals surface area (Å²) in [4.78, 5) is 16.6. The summed E-state index contributed by atoms with van der Waals surface area (Å²) in [5.41, 5.74) is 3.54. The summed E-state index contributed by atoms with van der Waals surface area (Å²) >= 11 is 7.10. The molecule has 0 radical (unpaired) electrons. The molecule has 0 aliphatic heterocycles. The van der Waals surface area contributed by atoms with Gasteiger partial charge in [0.05, 0.1) is 15.9 Å². The lowest BCUT2D eigenvalue weighted by molar-refractivity contribution is 0.616. The summed E-state index contributed by atoms with van der Waals surface area (Å²) in [6.07, 6.45) is 0. The highest BCUT2D eigenvalue weighted by Gasteiger charge is 2.16. The fraction of sp³-hybridized carbons (Fsp3) is 0.133. The summed E-state index contributed by atoms with van der Waals surface area (Å²) in [6, 6.07) is 8.86. The average molecular weight is 414 g/mol. The van der Waals surface area contributed by atoms with E-state index in [1.807, 2.05) is 18.2 Å². The number of benzene rings is 2. The summed E-state index contributed by atoms with van der Waals surface area (Å²) in [5.74, 6) is -0.232. The summed E-state index contributed by atoms with van der Waals surface area (Å²) in [5, 5.41) is 0. The van der Waals surface area contributed by atoms with Gasteiger partial charge in [-0.3, -0.25) is 0 Å². The lowest BCUT2D eigenvalue weighted by Crippen LogP contribution is -1.99. The number of alkyl halides is 1. The minimum atomic E-state index is -0.249. The third kappa shape index (κ3) is 2.70. The monoisotopic (exact) mass is 412 g/mol. The number of aromatic amines is 2. The van der Waals surface area contributed by atoms with Crippen LogP contribution >= 0.6 is 31.9 Å². The van der Waals surface area contributed by atoms with Crippen molar-refractivity contribution in [3.05, 3.63) is 67.8 Å². The molecule has 1 unspecified atom stereocenters. The molecule has 1 atom stereocenters. The zero-order chi connectivity index (χ0) is 15.1. The van der Waals surface area contributed by atoms with Crippen molar-refractivity contribution < 1.29 is 4.39 Å². The molecular weight excluding hydrogens is 403 g/mol. The number of nitrogens with one attached hydrogen (secondary N) is 2. The van der Waals surface area contributed by atoms with Crippen LogP contribution in [0.3, 0.4) is 0 Å². The highest BCUT2D eigenvalue weighted by atomic mass is 79.9. The van der Waals surface area contributed by atoms with Gasteiger partial charge in [0.15, 0.2) is 0 Å². The smallest absolute Gasteiger partial charge is 0.306 e. The quantitative estimate of drug-likeness (QED) is 0.595. The number of H-pyrrole nitrogens is 2. The second kappa shape index (κ2) is 5.42. The zero-order valence-corrected chi connectivity index (χ0v) is 14.2. The number of aromatic nitrogens is 2. The third-order valence-electron chi connectivity index (χ3n) is 3.39. The zero-order valence-electron chi connectivity index (χ0n) is 11.0. The number of halogens is 3. The molecule has 21 heavy (non-hydrogen) atoms. The Balaban J connectivity index is 2.11. The van der Waals surface area contributed by atoms with E-state index in [-0.39, 0.29) is 16.3 Å². The van der Waals surface area contributed by atoms with Gasteiger partial charge in [-0.15, -0.1) is 0 Å². The van der Waals surface area contributed by atoms with E-state index in [4.69, 9.17) is 0 Å². The highest BCUT2D eigenvalue weighted by Crippen LogP contribution is 2.37.